The van der Waals surface area contributed by atoms with Crippen LogP contribution in [-0.2, 0) is 27.1 Å². The van der Waals surface area contributed by atoms with Crippen molar-refractivity contribution in [1.82, 2.24) is 0 Å². The first-order valence-corrected chi connectivity index (χ1v) is 31.2. The third kappa shape index (κ3) is 8.63. The van der Waals surface area contributed by atoms with Gasteiger partial charge in [-0.2, -0.15) is 0 Å². The van der Waals surface area contributed by atoms with E-state index in [1.807, 2.05) is 0 Å². The van der Waals surface area contributed by atoms with Crippen LogP contribution in [0.15, 0.2) is 215 Å². The number of furan rings is 2. The molecule has 0 N–H and O–H groups in total. The van der Waals surface area contributed by atoms with Crippen molar-refractivity contribution < 1.29 is 8.83 Å². The van der Waals surface area contributed by atoms with Crippen LogP contribution in [-0.4, -0.2) is 6.85 Å². The predicted octanol–water partition coefficient (Wildman–Crippen LogP) is 21.7. The Kier molecular flexibility index (Phi) is 11.9. The van der Waals surface area contributed by atoms with Crippen LogP contribution in [0.25, 0.3) is 66.3 Å². The van der Waals surface area contributed by atoms with Gasteiger partial charge in [0.05, 0.1) is 5.69 Å². The van der Waals surface area contributed by atoms with Gasteiger partial charge in [-0.05, 0) is 180 Å². The summed E-state index contributed by atoms with van der Waals surface area (Å²) in [5.74, 6) is 0. The zero-order chi connectivity index (χ0) is 60.4. The molecule has 0 radical (unpaired) electrons. The van der Waals surface area contributed by atoms with Crippen LogP contribution < -0.4 is 25.7 Å². The topological polar surface area (TPSA) is 36.0 Å². The van der Waals surface area contributed by atoms with E-state index in [4.69, 9.17) is 8.83 Å². The summed E-state index contributed by atoms with van der Waals surface area (Å²) in [6, 6.07) is 77.7. The quantitative estimate of drug-likeness (QED) is 0.155. The average Bonchev–Trinajstić information content (AvgIpc) is 1.66. The maximum Gasteiger partial charge on any atom is 0.376 e. The molecule has 4 heterocycles. The molecule has 1 aliphatic carbocycles. The Morgan fingerprint density at radius 2 is 0.943 bits per heavy atom. The maximum atomic E-state index is 7.67. The van der Waals surface area contributed by atoms with E-state index in [9.17, 15) is 0 Å². The maximum absolute atomic E-state index is 7.67. The van der Waals surface area contributed by atoms with E-state index in [2.05, 4.69) is 318 Å². The van der Waals surface area contributed by atoms with Gasteiger partial charge in [-0.15, -0.1) is 0 Å². The van der Waals surface area contributed by atoms with E-state index in [1.165, 1.54) is 44.5 Å². The van der Waals surface area contributed by atoms with Crippen molar-refractivity contribution in [3.63, 3.8) is 0 Å². The molecule has 0 saturated heterocycles. The highest BCUT2D eigenvalue weighted by Crippen LogP contribution is 2.58. The van der Waals surface area contributed by atoms with Gasteiger partial charge in [-0.1, -0.05) is 206 Å². The second kappa shape index (κ2) is 19.0. The lowest BCUT2D eigenvalue weighted by atomic mass is 9.45. The highest BCUT2D eigenvalue weighted by molar-refractivity contribution is 6.93. The summed E-state index contributed by atoms with van der Waals surface area (Å²) in [5, 5.41) is 3.24. The molecule has 87 heavy (non-hydrogen) atoms. The second-order valence-electron chi connectivity index (χ2n) is 29.5. The van der Waals surface area contributed by atoms with Gasteiger partial charge in [0.1, 0.15) is 22.4 Å². The summed E-state index contributed by atoms with van der Waals surface area (Å²) >= 11 is 0. The minimum absolute atomic E-state index is 0.0282. The van der Waals surface area contributed by atoms with E-state index in [-0.39, 0.29) is 21.7 Å². The number of nitrogens with zero attached hydrogens (tertiary/aromatic N) is 3. The fourth-order valence-corrected chi connectivity index (χ4v) is 14.3. The normalized spacial score (nSPS) is 14.3. The molecule has 0 unspecified atom stereocenters. The summed E-state index contributed by atoms with van der Waals surface area (Å²) in [5.41, 5.74) is 27.8. The molecule has 430 valence electrons. The largest absolute Gasteiger partial charge is 0.466 e. The summed E-state index contributed by atoms with van der Waals surface area (Å²) in [6.45, 7) is 31.9. The minimum atomic E-state index is -0.396. The van der Waals surface area contributed by atoms with Gasteiger partial charge in [-0.3, -0.25) is 0 Å². The van der Waals surface area contributed by atoms with E-state index >= 15 is 0 Å². The summed E-state index contributed by atoms with van der Waals surface area (Å²) in [7, 11) is 0. The standard InChI is InChI=1S/C81H76BN3O2/c1-77(2,3)51-25-33-55(34-26-51)83(56-35-27-52(28-36-56)78(4,5)6)59-41-43-60-63-46-65-68(48-67(63)81(13,14)66(60)45-59)85(58-39-31-54(32-40-58)80(10,11)12)82-73-69(47-64-61-22-18-19-23-70(61)86-75(64)72(65)73)84(57-37-29-53(30-38-57)79(7,8)9)74-62-42-24-50(44-71(62)87-76(74)82)49-20-16-15-17-21-49/h15-48H,1-14H3. The Morgan fingerprint density at radius 3 is 1.54 bits per heavy atom. The highest BCUT2D eigenvalue weighted by atomic mass is 16.3. The van der Waals surface area contributed by atoms with Gasteiger partial charge in [0, 0.05) is 72.5 Å². The van der Waals surface area contributed by atoms with Crippen molar-refractivity contribution >= 4 is 96.4 Å². The fraction of sp³-hybridized carbons (Fsp3) is 0.235. The summed E-state index contributed by atoms with van der Waals surface area (Å²) in [4.78, 5) is 7.56. The molecule has 10 aromatic carbocycles. The van der Waals surface area contributed by atoms with E-state index in [1.54, 1.807) is 0 Å². The molecule has 2 aromatic heterocycles. The van der Waals surface area contributed by atoms with E-state index in [0.29, 0.717) is 0 Å². The number of anilines is 8. The van der Waals surface area contributed by atoms with Gasteiger partial charge in [0.2, 0.25) is 0 Å². The molecular formula is C81H76BN3O2. The van der Waals surface area contributed by atoms with Crippen LogP contribution in [0, 0.1) is 0 Å². The first kappa shape index (κ1) is 54.6. The van der Waals surface area contributed by atoms with Crippen LogP contribution in [0.5, 0.6) is 0 Å². The molecule has 0 bridgehead atoms. The van der Waals surface area contributed by atoms with Gasteiger partial charge in [0.25, 0.3) is 0 Å². The van der Waals surface area contributed by atoms with Crippen LogP contribution in [0.3, 0.4) is 0 Å². The van der Waals surface area contributed by atoms with Gasteiger partial charge in [-0.25, -0.2) is 0 Å². The second-order valence-corrected chi connectivity index (χ2v) is 29.5. The lowest BCUT2D eigenvalue weighted by Crippen LogP contribution is -2.61. The Hall–Kier alpha value is -9.00. The monoisotopic (exact) mass is 1130 g/mol. The minimum Gasteiger partial charge on any atom is -0.466 e. The van der Waals surface area contributed by atoms with Crippen LogP contribution in [0.2, 0.25) is 0 Å². The molecule has 0 atom stereocenters. The molecule has 0 saturated carbocycles. The van der Waals surface area contributed by atoms with Crippen LogP contribution in [0.1, 0.15) is 130 Å². The molecule has 0 amide bonds. The summed E-state index contributed by atoms with van der Waals surface area (Å²) < 4.78 is 15.0. The number of hydrogen-bond acceptors (Lipinski definition) is 5. The molecule has 3 aliphatic rings. The van der Waals surface area contributed by atoms with E-state index < -0.39 is 12.3 Å². The molecule has 2 aliphatic heterocycles. The molecule has 15 rings (SSSR count). The van der Waals surface area contributed by atoms with Gasteiger partial charge >= 0.3 is 6.85 Å². The van der Waals surface area contributed by atoms with Crippen molar-refractivity contribution in [2.75, 3.05) is 14.6 Å². The Balaban J connectivity index is 1.01. The third-order valence-corrected chi connectivity index (χ3v) is 19.3. The SMILES string of the molecule is CC(C)(C)c1ccc(N2B3c4oc5cc(-c6ccccc6)ccc5c4N(c4ccc(C(C)(C)C)cc4)c4cc5c(oc6ccccc65)c(c43)-c3cc4c(cc32)C(C)(C)c2cc(N(c3ccc(C(C)(C)C)cc3)c3ccc(C(C)(C)C)cc3)ccc2-4)cc1. The van der Waals surface area contributed by atoms with Crippen molar-refractivity contribution in [2.24, 2.45) is 0 Å². The smallest absolute Gasteiger partial charge is 0.376 e. The van der Waals surface area contributed by atoms with Gasteiger partial charge in [0.15, 0.2) is 0 Å². The molecule has 6 heteroatoms. The van der Waals surface area contributed by atoms with Crippen molar-refractivity contribution in [3.05, 3.63) is 240 Å². The van der Waals surface area contributed by atoms with Crippen molar-refractivity contribution in [2.45, 2.75) is 124 Å². The van der Waals surface area contributed by atoms with Crippen LogP contribution in [0.4, 0.5) is 45.5 Å². The average molecular weight is 1130 g/mol. The molecule has 0 fully saturated rings. The molecule has 0 spiro atoms. The highest BCUT2D eigenvalue weighted by Gasteiger charge is 2.51. The lowest BCUT2D eigenvalue weighted by Gasteiger charge is -2.44. The van der Waals surface area contributed by atoms with Gasteiger partial charge < -0.3 is 23.4 Å². The first-order valence-electron chi connectivity index (χ1n) is 31.2. The number of fused-ring (bicyclic) bond motifs is 13. The Bertz CT molecular complexity index is 4670. The zero-order valence-electron chi connectivity index (χ0n) is 52.9. The van der Waals surface area contributed by atoms with E-state index in [0.717, 1.165) is 112 Å². The number of hydrogen-bond donors (Lipinski definition) is 0. The first-order chi connectivity index (χ1) is 41.4. The van der Waals surface area contributed by atoms with Crippen molar-refractivity contribution in [1.29, 1.82) is 0 Å². The third-order valence-electron chi connectivity index (χ3n) is 19.3. The summed E-state index contributed by atoms with van der Waals surface area (Å²) in [6.07, 6.45) is 0. The molecule has 12 aromatic rings. The fourth-order valence-electron chi connectivity index (χ4n) is 14.3. The van der Waals surface area contributed by atoms with Crippen LogP contribution >= 0.6 is 0 Å². The zero-order valence-corrected chi connectivity index (χ0v) is 52.9. The molecule has 5 nitrogen and oxygen atoms in total. The lowest BCUT2D eigenvalue weighted by molar-refractivity contribution is 0.590. The Morgan fingerprint density at radius 1 is 0.402 bits per heavy atom. The Labute approximate surface area is 514 Å². The number of rotatable bonds is 6. The number of para-hydroxylation sites is 1. The molecular weight excluding hydrogens is 1060 g/mol. The predicted molar refractivity (Wildman–Crippen MR) is 370 cm³/mol. The number of benzene rings is 10. The van der Waals surface area contributed by atoms with Crippen molar-refractivity contribution in [3.8, 4) is 33.4 Å².